The van der Waals surface area contributed by atoms with E-state index in [1.807, 2.05) is 31.2 Å². The highest BCUT2D eigenvalue weighted by Gasteiger charge is 1.96. The molecule has 0 N–H and O–H groups in total. The first-order valence-electron chi connectivity index (χ1n) is 3.87. The number of ether oxygens (including phenoxy) is 1. The van der Waals surface area contributed by atoms with E-state index >= 15 is 0 Å². The summed E-state index contributed by atoms with van der Waals surface area (Å²) in [6, 6.07) is 8.07. The zero-order valence-corrected chi connectivity index (χ0v) is 8.67. The molecular formula is C10H12BrO. The lowest BCUT2D eigenvalue weighted by atomic mass is 10.2. The number of hydrogen-bond acceptors (Lipinski definition) is 1. The van der Waals surface area contributed by atoms with Crippen LogP contribution in [0.25, 0.3) is 0 Å². The maximum atomic E-state index is 5.35. The van der Waals surface area contributed by atoms with Crippen molar-refractivity contribution < 1.29 is 4.74 Å². The van der Waals surface area contributed by atoms with E-state index in [9.17, 15) is 0 Å². The van der Waals surface area contributed by atoms with Gasteiger partial charge in [-0.1, -0.05) is 28.1 Å². The summed E-state index contributed by atoms with van der Waals surface area (Å²) in [6.45, 7) is 6.30. The standard InChI is InChI=1S/C10H12BrO/c1-8(2)12-7-9-4-3-5-10(11)6-9/h3-6,8H,1,7H2,2H3. The van der Waals surface area contributed by atoms with Crippen LogP contribution in [-0.2, 0) is 11.3 Å². The van der Waals surface area contributed by atoms with E-state index < -0.39 is 0 Å². The fourth-order valence-corrected chi connectivity index (χ4v) is 1.31. The molecule has 0 bridgehead atoms. The van der Waals surface area contributed by atoms with Gasteiger partial charge in [-0.25, -0.2) is 0 Å². The van der Waals surface area contributed by atoms with Crippen molar-refractivity contribution in [2.45, 2.75) is 19.6 Å². The first-order valence-corrected chi connectivity index (χ1v) is 4.67. The molecule has 0 aliphatic carbocycles. The van der Waals surface area contributed by atoms with Crippen molar-refractivity contribution in [3.05, 3.63) is 41.2 Å². The van der Waals surface area contributed by atoms with Crippen LogP contribution in [0, 0.1) is 6.92 Å². The molecule has 0 aromatic heterocycles. The molecule has 65 valence electrons. The fourth-order valence-electron chi connectivity index (χ4n) is 0.865. The van der Waals surface area contributed by atoms with Crippen molar-refractivity contribution in [1.82, 2.24) is 0 Å². The van der Waals surface area contributed by atoms with Crippen LogP contribution >= 0.6 is 15.9 Å². The highest BCUT2D eigenvalue weighted by Crippen LogP contribution is 2.12. The summed E-state index contributed by atoms with van der Waals surface area (Å²) >= 11 is 3.40. The van der Waals surface area contributed by atoms with Crippen LogP contribution in [0.2, 0.25) is 0 Å². The molecule has 1 radical (unpaired) electrons. The molecule has 1 atom stereocenters. The topological polar surface area (TPSA) is 9.23 Å². The van der Waals surface area contributed by atoms with Crippen LogP contribution in [0.1, 0.15) is 12.5 Å². The molecule has 0 spiro atoms. The Balaban J connectivity index is 2.52. The van der Waals surface area contributed by atoms with Gasteiger partial charge in [-0.3, -0.25) is 0 Å². The number of hydrogen-bond donors (Lipinski definition) is 0. The SMILES string of the molecule is [CH2]C(C)OCc1cccc(Br)c1. The minimum atomic E-state index is 0.0454. The first-order chi connectivity index (χ1) is 5.68. The Morgan fingerprint density at radius 1 is 1.58 bits per heavy atom. The van der Waals surface area contributed by atoms with Crippen LogP contribution < -0.4 is 0 Å². The Labute approximate surface area is 81.9 Å². The Hall–Kier alpha value is -0.340. The van der Waals surface area contributed by atoms with Gasteiger partial charge in [0.1, 0.15) is 0 Å². The highest BCUT2D eigenvalue weighted by atomic mass is 79.9. The molecule has 1 aromatic carbocycles. The summed E-state index contributed by atoms with van der Waals surface area (Å²) < 4.78 is 6.43. The molecule has 0 heterocycles. The minimum absolute atomic E-state index is 0.0454. The van der Waals surface area contributed by atoms with Crippen molar-refractivity contribution in [3.63, 3.8) is 0 Å². The van der Waals surface area contributed by atoms with Crippen molar-refractivity contribution in [2.24, 2.45) is 0 Å². The van der Waals surface area contributed by atoms with Gasteiger partial charge in [0.2, 0.25) is 0 Å². The Bertz CT molecular complexity index is 245. The van der Waals surface area contributed by atoms with Gasteiger partial charge in [0.15, 0.2) is 0 Å². The zero-order valence-electron chi connectivity index (χ0n) is 7.09. The molecule has 0 aliphatic rings. The van der Waals surface area contributed by atoms with Gasteiger partial charge in [0.05, 0.1) is 12.7 Å². The molecule has 2 heteroatoms. The third-order valence-electron chi connectivity index (χ3n) is 1.42. The Morgan fingerprint density at radius 3 is 2.92 bits per heavy atom. The van der Waals surface area contributed by atoms with Crippen LogP contribution in [0.3, 0.4) is 0 Å². The zero-order chi connectivity index (χ0) is 8.97. The van der Waals surface area contributed by atoms with Gasteiger partial charge in [0, 0.05) is 4.47 Å². The summed E-state index contributed by atoms with van der Waals surface area (Å²) in [5, 5.41) is 0. The summed E-state index contributed by atoms with van der Waals surface area (Å²) in [5.74, 6) is 0. The predicted octanol–water partition coefficient (Wildman–Crippen LogP) is 3.19. The van der Waals surface area contributed by atoms with Gasteiger partial charge in [-0.05, 0) is 31.5 Å². The second kappa shape index (κ2) is 4.63. The molecule has 12 heavy (non-hydrogen) atoms. The lowest BCUT2D eigenvalue weighted by molar-refractivity contribution is 0.0823. The first kappa shape index (κ1) is 9.75. The average molecular weight is 228 g/mol. The van der Waals surface area contributed by atoms with Crippen molar-refractivity contribution in [1.29, 1.82) is 0 Å². The van der Waals surface area contributed by atoms with Gasteiger partial charge >= 0.3 is 0 Å². The summed E-state index contributed by atoms with van der Waals surface area (Å²) in [6.07, 6.45) is 0.0454. The molecule has 0 fully saturated rings. The molecule has 1 aromatic rings. The second-order valence-electron chi connectivity index (χ2n) is 2.75. The summed E-state index contributed by atoms with van der Waals surface area (Å²) in [4.78, 5) is 0. The number of benzene rings is 1. The lowest BCUT2D eigenvalue weighted by Crippen LogP contribution is -2.02. The smallest absolute Gasteiger partial charge is 0.0720 e. The molecule has 1 rings (SSSR count). The van der Waals surface area contributed by atoms with Crippen molar-refractivity contribution in [2.75, 3.05) is 0 Å². The van der Waals surface area contributed by atoms with Crippen LogP contribution in [0.4, 0.5) is 0 Å². The maximum absolute atomic E-state index is 5.35. The normalized spacial score (nSPS) is 10.7. The average Bonchev–Trinajstić information content (AvgIpc) is 2.01. The molecule has 1 nitrogen and oxygen atoms in total. The third kappa shape index (κ3) is 3.37. The van der Waals surface area contributed by atoms with Crippen LogP contribution in [0.5, 0.6) is 0 Å². The van der Waals surface area contributed by atoms with E-state index in [2.05, 4.69) is 22.9 Å². The lowest BCUT2D eigenvalue weighted by Gasteiger charge is -2.06. The summed E-state index contributed by atoms with van der Waals surface area (Å²) in [7, 11) is 0. The highest BCUT2D eigenvalue weighted by molar-refractivity contribution is 9.10. The van der Waals surface area contributed by atoms with Gasteiger partial charge in [0.25, 0.3) is 0 Å². The van der Waals surface area contributed by atoms with E-state index in [1.54, 1.807) is 0 Å². The van der Waals surface area contributed by atoms with Gasteiger partial charge in [-0.15, -0.1) is 0 Å². The quantitative estimate of drug-likeness (QED) is 0.771. The van der Waals surface area contributed by atoms with Gasteiger partial charge < -0.3 is 4.74 Å². The Kier molecular flexibility index (Phi) is 3.76. The fraction of sp³-hybridized carbons (Fsp3) is 0.300. The molecule has 0 aliphatic heterocycles. The van der Waals surface area contributed by atoms with E-state index in [-0.39, 0.29) is 6.10 Å². The third-order valence-corrected chi connectivity index (χ3v) is 1.92. The van der Waals surface area contributed by atoms with E-state index in [0.717, 1.165) is 4.47 Å². The Morgan fingerprint density at radius 2 is 2.33 bits per heavy atom. The number of halogens is 1. The monoisotopic (exact) mass is 227 g/mol. The van der Waals surface area contributed by atoms with Crippen LogP contribution in [0.15, 0.2) is 28.7 Å². The second-order valence-corrected chi connectivity index (χ2v) is 3.67. The van der Waals surface area contributed by atoms with E-state index in [1.165, 1.54) is 5.56 Å². The van der Waals surface area contributed by atoms with Crippen molar-refractivity contribution in [3.8, 4) is 0 Å². The van der Waals surface area contributed by atoms with E-state index in [0.29, 0.717) is 6.61 Å². The predicted molar refractivity (Wildman–Crippen MR) is 53.8 cm³/mol. The molecule has 1 unspecified atom stereocenters. The molecule has 0 saturated heterocycles. The molecule has 0 saturated carbocycles. The number of rotatable bonds is 3. The van der Waals surface area contributed by atoms with Crippen LogP contribution in [-0.4, -0.2) is 6.10 Å². The maximum Gasteiger partial charge on any atom is 0.0720 e. The van der Waals surface area contributed by atoms with E-state index in [4.69, 9.17) is 4.74 Å². The summed E-state index contributed by atoms with van der Waals surface area (Å²) in [5.41, 5.74) is 1.17. The largest absolute Gasteiger partial charge is 0.374 e. The van der Waals surface area contributed by atoms with Gasteiger partial charge in [-0.2, -0.15) is 0 Å². The van der Waals surface area contributed by atoms with Crippen molar-refractivity contribution >= 4 is 15.9 Å². The minimum Gasteiger partial charge on any atom is -0.374 e. The molecule has 0 amide bonds. The molecular weight excluding hydrogens is 216 g/mol.